The van der Waals surface area contributed by atoms with Crippen LogP contribution >= 0.6 is 11.8 Å². The third kappa shape index (κ3) is 3.01. The Morgan fingerprint density at radius 3 is 2.75 bits per heavy atom. The normalized spacial score (nSPS) is 10.2. The highest BCUT2D eigenvalue weighted by atomic mass is 32.2. The molecule has 20 heavy (non-hydrogen) atoms. The number of rotatable bonds is 4. The van der Waals surface area contributed by atoms with Crippen molar-refractivity contribution in [2.75, 3.05) is 0 Å². The predicted octanol–water partition coefficient (Wildman–Crippen LogP) is 0.928. The number of aromatic amines is 1. The lowest BCUT2D eigenvalue weighted by atomic mass is 10.2. The number of nitrogens with zero attached hydrogens (tertiary/aromatic N) is 2. The number of nitrogens with one attached hydrogen (secondary N) is 1. The first-order valence-corrected chi connectivity index (χ1v) is 6.10. The smallest absolute Gasteiger partial charge is 0.284 e. The number of nitro groups is 1. The topological polar surface area (TPSA) is 132 Å². The van der Waals surface area contributed by atoms with E-state index in [-0.39, 0.29) is 26.9 Å². The van der Waals surface area contributed by atoms with Gasteiger partial charge in [-0.1, -0.05) is 0 Å². The summed E-state index contributed by atoms with van der Waals surface area (Å²) in [5, 5.41) is 11.2. The van der Waals surface area contributed by atoms with Gasteiger partial charge >= 0.3 is 0 Å². The molecule has 0 saturated carbocycles. The van der Waals surface area contributed by atoms with Gasteiger partial charge in [0, 0.05) is 23.9 Å². The third-order valence-corrected chi connectivity index (χ3v) is 3.26. The Morgan fingerprint density at radius 2 is 2.15 bits per heavy atom. The highest BCUT2D eigenvalue weighted by Crippen LogP contribution is 2.33. The average Bonchev–Trinajstić information content (AvgIpc) is 2.38. The Kier molecular flexibility index (Phi) is 3.80. The van der Waals surface area contributed by atoms with Crippen LogP contribution in [0.3, 0.4) is 0 Å². The molecule has 102 valence electrons. The Morgan fingerprint density at radius 1 is 1.40 bits per heavy atom. The molecule has 9 heteroatoms. The first kappa shape index (κ1) is 13.7. The fourth-order valence-corrected chi connectivity index (χ4v) is 2.26. The summed E-state index contributed by atoms with van der Waals surface area (Å²) in [4.78, 5) is 39.1. The maximum atomic E-state index is 11.1. The molecule has 0 radical (unpaired) electrons. The van der Waals surface area contributed by atoms with Crippen molar-refractivity contribution < 1.29 is 9.72 Å². The molecule has 0 spiro atoms. The molecule has 0 aliphatic rings. The first-order chi connectivity index (χ1) is 9.47. The van der Waals surface area contributed by atoms with Gasteiger partial charge in [-0.25, -0.2) is 4.98 Å². The molecule has 0 aliphatic heterocycles. The van der Waals surface area contributed by atoms with E-state index in [4.69, 9.17) is 5.73 Å². The molecule has 1 aromatic heterocycles. The van der Waals surface area contributed by atoms with Crippen LogP contribution in [0.2, 0.25) is 0 Å². The van der Waals surface area contributed by atoms with E-state index < -0.39 is 10.8 Å². The molecule has 3 N–H and O–H groups in total. The van der Waals surface area contributed by atoms with Crippen LogP contribution in [0.25, 0.3) is 0 Å². The number of nitro benzene ring substituents is 1. The van der Waals surface area contributed by atoms with Gasteiger partial charge < -0.3 is 10.7 Å². The molecule has 2 rings (SSSR count). The second-order valence-electron chi connectivity index (χ2n) is 3.65. The fourth-order valence-electron chi connectivity index (χ4n) is 1.41. The molecule has 0 unspecified atom stereocenters. The number of hydrogen-bond acceptors (Lipinski definition) is 6. The molecule has 0 saturated heterocycles. The fraction of sp³-hybridized carbons (Fsp3) is 0. The molecule has 0 fully saturated rings. The lowest BCUT2D eigenvalue weighted by Crippen LogP contribution is -2.11. The van der Waals surface area contributed by atoms with E-state index in [1.165, 1.54) is 24.4 Å². The molecule has 0 atom stereocenters. The first-order valence-electron chi connectivity index (χ1n) is 5.29. The van der Waals surface area contributed by atoms with Gasteiger partial charge in [0.05, 0.1) is 9.82 Å². The van der Waals surface area contributed by atoms with E-state index in [1.807, 2.05) is 0 Å². The van der Waals surface area contributed by atoms with E-state index in [1.54, 1.807) is 0 Å². The number of primary amides is 1. The number of hydrogen-bond donors (Lipinski definition) is 2. The molecule has 1 heterocycles. The second kappa shape index (κ2) is 5.53. The minimum Gasteiger partial charge on any atom is -0.366 e. The minimum absolute atomic E-state index is 0.0376. The summed E-state index contributed by atoms with van der Waals surface area (Å²) in [6.07, 6.45) is 1.30. The number of carbonyl (C=O) groups is 1. The number of H-pyrrole nitrogens is 1. The molecule has 0 bridgehead atoms. The zero-order chi connectivity index (χ0) is 14.7. The summed E-state index contributed by atoms with van der Waals surface area (Å²) in [6.45, 7) is 0. The number of carbonyl (C=O) groups excluding carboxylic acids is 1. The highest BCUT2D eigenvalue weighted by molar-refractivity contribution is 7.99. The van der Waals surface area contributed by atoms with Gasteiger partial charge in [0.15, 0.2) is 5.16 Å². The van der Waals surface area contributed by atoms with Gasteiger partial charge in [-0.15, -0.1) is 0 Å². The monoisotopic (exact) mass is 292 g/mol. The molecular weight excluding hydrogens is 284 g/mol. The van der Waals surface area contributed by atoms with Gasteiger partial charge in [-0.2, -0.15) is 0 Å². The lowest BCUT2D eigenvalue weighted by Gasteiger charge is -2.03. The Hall–Kier alpha value is -2.68. The zero-order valence-electron chi connectivity index (χ0n) is 9.90. The van der Waals surface area contributed by atoms with Gasteiger partial charge in [0.25, 0.3) is 11.2 Å². The number of amides is 1. The van der Waals surface area contributed by atoms with Gasteiger partial charge in [0.1, 0.15) is 0 Å². The van der Waals surface area contributed by atoms with E-state index in [9.17, 15) is 19.7 Å². The quantitative estimate of drug-likeness (QED) is 0.489. The molecule has 2 aromatic rings. The average molecular weight is 292 g/mol. The summed E-state index contributed by atoms with van der Waals surface area (Å²) >= 11 is 0.917. The predicted molar refractivity (Wildman–Crippen MR) is 70.6 cm³/mol. The van der Waals surface area contributed by atoms with Crippen LogP contribution in [0.4, 0.5) is 5.69 Å². The van der Waals surface area contributed by atoms with E-state index in [2.05, 4.69) is 9.97 Å². The molecule has 1 amide bonds. The molecule has 0 aliphatic carbocycles. The molecule has 8 nitrogen and oxygen atoms in total. The third-order valence-electron chi connectivity index (χ3n) is 2.29. The van der Waals surface area contributed by atoms with Crippen LogP contribution in [-0.2, 0) is 0 Å². The van der Waals surface area contributed by atoms with Crippen molar-refractivity contribution in [3.63, 3.8) is 0 Å². The van der Waals surface area contributed by atoms with Crippen molar-refractivity contribution >= 4 is 23.4 Å². The van der Waals surface area contributed by atoms with Gasteiger partial charge in [0.2, 0.25) is 5.91 Å². The maximum absolute atomic E-state index is 11.1. The van der Waals surface area contributed by atoms with Crippen LogP contribution in [-0.4, -0.2) is 20.8 Å². The van der Waals surface area contributed by atoms with Gasteiger partial charge in [-0.3, -0.25) is 19.7 Å². The summed E-state index contributed by atoms with van der Waals surface area (Å²) in [6, 6.07) is 5.08. The van der Waals surface area contributed by atoms with Crippen molar-refractivity contribution in [1.29, 1.82) is 0 Å². The molecule has 1 aromatic carbocycles. The van der Waals surface area contributed by atoms with Crippen LogP contribution in [0.15, 0.2) is 45.3 Å². The lowest BCUT2D eigenvalue weighted by molar-refractivity contribution is -0.387. The Labute approximate surface area is 116 Å². The maximum Gasteiger partial charge on any atom is 0.284 e. The largest absolute Gasteiger partial charge is 0.366 e. The summed E-state index contributed by atoms with van der Waals surface area (Å²) in [5.74, 6) is -0.754. The SMILES string of the molecule is NC(=O)c1ccc(Sc2nccc(=O)[nH]2)c([N+](=O)[O-])c1. The van der Waals surface area contributed by atoms with Crippen molar-refractivity contribution in [3.8, 4) is 0 Å². The number of benzene rings is 1. The van der Waals surface area contributed by atoms with E-state index >= 15 is 0 Å². The standard InChI is InChI=1S/C11H8N4O4S/c12-10(17)6-1-2-8(7(5-6)15(18)19)20-11-13-4-3-9(16)14-11/h1-5H,(H2,12,17)(H,13,14,16). The summed E-state index contributed by atoms with van der Waals surface area (Å²) < 4.78 is 0. The van der Waals surface area contributed by atoms with Gasteiger partial charge in [-0.05, 0) is 23.9 Å². The molecular formula is C11H8N4O4S. The van der Waals surface area contributed by atoms with Crippen molar-refractivity contribution in [2.24, 2.45) is 5.73 Å². The van der Waals surface area contributed by atoms with E-state index in [0.29, 0.717) is 0 Å². The number of nitrogens with two attached hydrogens (primary N) is 1. The second-order valence-corrected chi connectivity index (χ2v) is 4.68. The Balaban J connectivity index is 2.43. The van der Waals surface area contributed by atoms with Crippen LogP contribution < -0.4 is 11.3 Å². The zero-order valence-corrected chi connectivity index (χ0v) is 10.7. The van der Waals surface area contributed by atoms with Crippen LogP contribution in [0, 0.1) is 10.1 Å². The summed E-state index contributed by atoms with van der Waals surface area (Å²) in [7, 11) is 0. The van der Waals surface area contributed by atoms with E-state index in [0.717, 1.165) is 17.8 Å². The Bertz CT molecular complexity index is 743. The summed E-state index contributed by atoms with van der Waals surface area (Å²) in [5.41, 5.74) is 4.47. The van der Waals surface area contributed by atoms with Crippen molar-refractivity contribution in [1.82, 2.24) is 9.97 Å². The van der Waals surface area contributed by atoms with Crippen LogP contribution in [0.5, 0.6) is 0 Å². The van der Waals surface area contributed by atoms with Crippen LogP contribution in [0.1, 0.15) is 10.4 Å². The highest BCUT2D eigenvalue weighted by Gasteiger charge is 2.18. The number of aromatic nitrogens is 2. The minimum atomic E-state index is -0.754. The van der Waals surface area contributed by atoms with Crippen molar-refractivity contribution in [3.05, 3.63) is 56.5 Å². The van der Waals surface area contributed by atoms with Crippen molar-refractivity contribution in [2.45, 2.75) is 10.1 Å².